The van der Waals surface area contributed by atoms with E-state index >= 15 is 0 Å². The van der Waals surface area contributed by atoms with Gasteiger partial charge in [-0.05, 0) is 55.7 Å². The summed E-state index contributed by atoms with van der Waals surface area (Å²) in [5.41, 5.74) is 3.48. The minimum absolute atomic E-state index is 0.247. The summed E-state index contributed by atoms with van der Waals surface area (Å²) >= 11 is 1.50. The zero-order chi connectivity index (χ0) is 20.4. The van der Waals surface area contributed by atoms with Crippen LogP contribution in [0.4, 0.5) is 9.52 Å². The van der Waals surface area contributed by atoms with Crippen LogP contribution in [0.2, 0.25) is 0 Å². The highest BCUT2D eigenvalue weighted by molar-refractivity contribution is 7.22. The highest BCUT2D eigenvalue weighted by atomic mass is 32.1. The predicted molar refractivity (Wildman–Crippen MR) is 114 cm³/mol. The van der Waals surface area contributed by atoms with Gasteiger partial charge >= 0.3 is 0 Å². The van der Waals surface area contributed by atoms with Crippen molar-refractivity contribution >= 4 is 32.6 Å². The standard InChI is InChI=1S/C22H21FN4OS/c1-15-11-16(2)20-19(12-15)25-22(29-20)27(9-4-8-26-10-7-24-14-26)21(28)17-5-3-6-18(23)13-17/h3,5-7,10-14H,4,8-9H2,1-2H3. The smallest absolute Gasteiger partial charge is 0.260 e. The fourth-order valence-electron chi connectivity index (χ4n) is 3.37. The molecule has 2 aromatic heterocycles. The topological polar surface area (TPSA) is 51.0 Å². The number of aromatic nitrogens is 3. The van der Waals surface area contributed by atoms with Gasteiger partial charge in [-0.15, -0.1) is 0 Å². The van der Waals surface area contributed by atoms with Crippen LogP contribution in [-0.4, -0.2) is 27.0 Å². The summed E-state index contributed by atoms with van der Waals surface area (Å²) in [6.07, 6.45) is 6.10. The number of carbonyl (C=O) groups excluding carboxylic acids is 1. The SMILES string of the molecule is Cc1cc(C)c2sc(N(CCCn3ccnc3)C(=O)c3cccc(F)c3)nc2c1. The zero-order valence-corrected chi connectivity index (χ0v) is 17.1. The molecule has 148 valence electrons. The number of fused-ring (bicyclic) bond motifs is 1. The second-order valence-electron chi connectivity index (χ2n) is 7.05. The van der Waals surface area contributed by atoms with E-state index in [1.54, 1.807) is 29.6 Å². The molecule has 0 fully saturated rings. The van der Waals surface area contributed by atoms with Crippen molar-refractivity contribution < 1.29 is 9.18 Å². The number of carbonyl (C=O) groups is 1. The first-order chi connectivity index (χ1) is 14.0. The summed E-state index contributed by atoms with van der Waals surface area (Å²) in [5, 5.41) is 0.633. The molecule has 0 aliphatic carbocycles. The number of amides is 1. The van der Waals surface area contributed by atoms with E-state index in [-0.39, 0.29) is 5.91 Å². The molecule has 0 unspecified atom stereocenters. The molecule has 5 nitrogen and oxygen atoms in total. The Balaban J connectivity index is 1.67. The Bertz CT molecular complexity index is 1150. The van der Waals surface area contributed by atoms with E-state index in [2.05, 4.69) is 18.0 Å². The lowest BCUT2D eigenvalue weighted by Crippen LogP contribution is -2.32. The van der Waals surface area contributed by atoms with Gasteiger partial charge in [0.25, 0.3) is 5.91 Å². The number of aryl methyl sites for hydroxylation is 3. The van der Waals surface area contributed by atoms with E-state index in [9.17, 15) is 9.18 Å². The first kappa shape index (κ1) is 19.3. The molecular formula is C22H21FN4OS. The van der Waals surface area contributed by atoms with Crippen molar-refractivity contribution in [2.24, 2.45) is 0 Å². The Morgan fingerprint density at radius 2 is 2.10 bits per heavy atom. The van der Waals surface area contributed by atoms with Crippen molar-refractivity contribution in [2.45, 2.75) is 26.8 Å². The third kappa shape index (κ3) is 4.19. The van der Waals surface area contributed by atoms with Gasteiger partial charge in [-0.1, -0.05) is 23.5 Å². The number of anilines is 1. The maximum Gasteiger partial charge on any atom is 0.260 e. The highest BCUT2D eigenvalue weighted by Crippen LogP contribution is 2.33. The van der Waals surface area contributed by atoms with Gasteiger partial charge in [0.15, 0.2) is 5.13 Å². The lowest BCUT2D eigenvalue weighted by molar-refractivity contribution is 0.0986. The van der Waals surface area contributed by atoms with Crippen LogP contribution < -0.4 is 4.90 Å². The Labute approximate surface area is 172 Å². The van der Waals surface area contributed by atoms with Crippen molar-refractivity contribution in [3.05, 3.63) is 77.6 Å². The lowest BCUT2D eigenvalue weighted by Gasteiger charge is -2.20. The Hall–Kier alpha value is -3.06. The summed E-state index contributed by atoms with van der Waals surface area (Å²) in [4.78, 5) is 23.7. The van der Waals surface area contributed by atoms with Crippen LogP contribution in [0.1, 0.15) is 27.9 Å². The molecule has 0 bridgehead atoms. The number of hydrogen-bond donors (Lipinski definition) is 0. The van der Waals surface area contributed by atoms with Gasteiger partial charge in [-0.25, -0.2) is 14.4 Å². The van der Waals surface area contributed by atoms with Gasteiger partial charge < -0.3 is 4.57 Å². The largest absolute Gasteiger partial charge is 0.337 e. The normalized spacial score (nSPS) is 11.1. The molecule has 7 heteroatoms. The molecular weight excluding hydrogens is 387 g/mol. The number of thiazole rings is 1. The number of halogens is 1. The van der Waals surface area contributed by atoms with Crippen molar-refractivity contribution in [1.29, 1.82) is 0 Å². The Morgan fingerprint density at radius 1 is 1.24 bits per heavy atom. The van der Waals surface area contributed by atoms with Crippen molar-refractivity contribution in [3.8, 4) is 0 Å². The molecule has 2 heterocycles. The summed E-state index contributed by atoms with van der Waals surface area (Å²) in [6, 6.07) is 9.94. The molecule has 1 amide bonds. The second-order valence-corrected chi connectivity index (χ2v) is 8.03. The molecule has 4 rings (SSSR count). The molecule has 0 N–H and O–H groups in total. The third-order valence-electron chi connectivity index (χ3n) is 4.71. The first-order valence-corrected chi connectivity index (χ1v) is 10.2. The summed E-state index contributed by atoms with van der Waals surface area (Å²) in [5.74, 6) is -0.673. The number of imidazole rings is 1. The molecule has 0 saturated heterocycles. The summed E-state index contributed by atoms with van der Waals surface area (Å²) < 4.78 is 16.7. The highest BCUT2D eigenvalue weighted by Gasteiger charge is 2.22. The van der Waals surface area contributed by atoms with E-state index in [0.29, 0.717) is 17.2 Å². The van der Waals surface area contributed by atoms with Gasteiger partial charge in [0.05, 0.1) is 16.5 Å². The molecule has 0 aliphatic rings. The number of nitrogens with zero attached hydrogens (tertiary/aromatic N) is 4. The van der Waals surface area contributed by atoms with Crippen LogP contribution in [0, 0.1) is 19.7 Å². The van der Waals surface area contributed by atoms with Crippen LogP contribution in [-0.2, 0) is 6.54 Å². The van der Waals surface area contributed by atoms with E-state index in [4.69, 9.17) is 4.98 Å². The fourth-order valence-corrected chi connectivity index (χ4v) is 4.41. The molecule has 0 radical (unpaired) electrons. The fraction of sp³-hybridized carbons (Fsp3) is 0.227. The van der Waals surface area contributed by atoms with E-state index in [1.807, 2.05) is 23.8 Å². The number of benzene rings is 2. The van der Waals surface area contributed by atoms with E-state index < -0.39 is 5.82 Å². The zero-order valence-electron chi connectivity index (χ0n) is 16.3. The monoisotopic (exact) mass is 408 g/mol. The Morgan fingerprint density at radius 3 is 2.86 bits per heavy atom. The Kier molecular flexibility index (Phi) is 5.40. The minimum Gasteiger partial charge on any atom is -0.337 e. The maximum absolute atomic E-state index is 13.7. The molecule has 0 saturated carbocycles. The van der Waals surface area contributed by atoms with Gasteiger partial charge in [0.2, 0.25) is 0 Å². The van der Waals surface area contributed by atoms with Gasteiger partial charge in [0.1, 0.15) is 5.82 Å². The lowest BCUT2D eigenvalue weighted by atomic mass is 10.1. The van der Waals surface area contributed by atoms with Gasteiger partial charge in [0, 0.05) is 31.0 Å². The average molecular weight is 409 g/mol. The molecule has 29 heavy (non-hydrogen) atoms. The maximum atomic E-state index is 13.7. The average Bonchev–Trinajstić information content (AvgIpc) is 3.34. The third-order valence-corrected chi connectivity index (χ3v) is 5.94. The van der Waals surface area contributed by atoms with E-state index in [0.717, 1.165) is 34.3 Å². The van der Waals surface area contributed by atoms with Gasteiger partial charge in [-0.2, -0.15) is 0 Å². The molecule has 0 aliphatic heterocycles. The van der Waals surface area contributed by atoms with Crippen LogP contribution in [0.15, 0.2) is 55.1 Å². The molecule has 2 aromatic carbocycles. The molecule has 0 spiro atoms. The van der Waals surface area contributed by atoms with E-state index in [1.165, 1.54) is 23.5 Å². The second kappa shape index (κ2) is 8.13. The van der Waals surface area contributed by atoms with Crippen LogP contribution in [0.3, 0.4) is 0 Å². The summed E-state index contributed by atoms with van der Waals surface area (Å²) in [6.45, 7) is 5.29. The van der Waals surface area contributed by atoms with Crippen LogP contribution >= 0.6 is 11.3 Å². The van der Waals surface area contributed by atoms with Crippen molar-refractivity contribution in [1.82, 2.24) is 14.5 Å². The number of hydrogen-bond acceptors (Lipinski definition) is 4. The van der Waals surface area contributed by atoms with Gasteiger partial charge in [-0.3, -0.25) is 9.69 Å². The quantitative estimate of drug-likeness (QED) is 0.452. The van der Waals surface area contributed by atoms with Crippen molar-refractivity contribution in [3.63, 3.8) is 0 Å². The molecule has 4 aromatic rings. The van der Waals surface area contributed by atoms with Crippen LogP contribution in [0.25, 0.3) is 10.2 Å². The molecule has 0 atom stereocenters. The van der Waals surface area contributed by atoms with Crippen LogP contribution in [0.5, 0.6) is 0 Å². The minimum atomic E-state index is -0.426. The first-order valence-electron chi connectivity index (χ1n) is 9.42. The predicted octanol–water partition coefficient (Wildman–Crippen LogP) is 4.99. The number of rotatable bonds is 6. The van der Waals surface area contributed by atoms with Crippen molar-refractivity contribution in [2.75, 3.05) is 11.4 Å². The summed E-state index contributed by atoms with van der Waals surface area (Å²) in [7, 11) is 0.